The summed E-state index contributed by atoms with van der Waals surface area (Å²) in [6, 6.07) is 1.07. The molecule has 2 amide bonds. The van der Waals surface area contributed by atoms with E-state index in [4.69, 9.17) is 0 Å². The lowest BCUT2D eigenvalue weighted by atomic mass is 10.1. The number of nitrogens with zero attached hydrogens (tertiary/aromatic N) is 3. The average Bonchev–Trinajstić information content (AvgIpc) is 2.88. The highest BCUT2D eigenvalue weighted by atomic mass is 16.5. The molecule has 6 heteroatoms. The number of aromatic nitrogens is 1. The van der Waals surface area contributed by atoms with Crippen LogP contribution >= 0.6 is 0 Å². The quantitative estimate of drug-likeness (QED) is 0.818. The number of hydrogen-bond acceptors (Lipinski definition) is 4. The highest BCUT2D eigenvalue weighted by Crippen LogP contribution is 2.15. The predicted molar refractivity (Wildman–Crippen MR) is 68.4 cm³/mol. The first-order valence-electron chi connectivity index (χ1n) is 6.51. The first kappa shape index (κ1) is 13.6. The van der Waals surface area contributed by atoms with Crippen LogP contribution in [0.15, 0.2) is 16.9 Å². The van der Waals surface area contributed by atoms with Crippen LogP contribution in [-0.2, 0) is 4.79 Å². The third-order valence-corrected chi connectivity index (χ3v) is 3.25. The molecular formula is C13H19N3O3. The van der Waals surface area contributed by atoms with Gasteiger partial charge in [0, 0.05) is 25.7 Å². The number of carbonyl (C=O) groups excluding carboxylic acids is 2. The van der Waals surface area contributed by atoms with E-state index in [1.165, 1.54) is 12.3 Å². The molecule has 104 valence electrons. The molecule has 1 saturated heterocycles. The lowest BCUT2D eigenvalue weighted by Gasteiger charge is -2.39. The van der Waals surface area contributed by atoms with Gasteiger partial charge in [-0.05, 0) is 12.8 Å². The highest BCUT2D eigenvalue weighted by molar-refractivity contribution is 5.96. The van der Waals surface area contributed by atoms with Crippen molar-refractivity contribution in [1.82, 2.24) is 15.0 Å². The van der Waals surface area contributed by atoms with Crippen LogP contribution in [-0.4, -0.2) is 52.4 Å². The number of hydrogen-bond donors (Lipinski definition) is 0. The molecule has 0 spiro atoms. The van der Waals surface area contributed by atoms with Crippen molar-refractivity contribution in [3.63, 3.8) is 0 Å². The zero-order chi connectivity index (χ0) is 14.0. The Morgan fingerprint density at radius 2 is 2.26 bits per heavy atom. The summed E-state index contributed by atoms with van der Waals surface area (Å²) < 4.78 is 4.67. The van der Waals surface area contributed by atoms with E-state index in [0.29, 0.717) is 19.0 Å². The highest BCUT2D eigenvalue weighted by Gasteiger charge is 2.35. The Kier molecular flexibility index (Phi) is 3.87. The van der Waals surface area contributed by atoms with Crippen LogP contribution in [0.5, 0.6) is 0 Å². The Labute approximate surface area is 112 Å². The molecule has 0 radical (unpaired) electrons. The summed E-state index contributed by atoms with van der Waals surface area (Å²) in [5.74, 6) is 0.171. The van der Waals surface area contributed by atoms with Crippen LogP contribution < -0.4 is 0 Å². The maximum Gasteiger partial charge on any atom is 0.276 e. The van der Waals surface area contributed by atoms with E-state index in [9.17, 15) is 9.59 Å². The SMILES string of the molecule is CC(C)CN1CCN(C(=O)c2ccon2)[C@H](C)C1=O. The van der Waals surface area contributed by atoms with Gasteiger partial charge in [-0.25, -0.2) is 0 Å². The van der Waals surface area contributed by atoms with Crippen molar-refractivity contribution < 1.29 is 14.1 Å². The van der Waals surface area contributed by atoms with Crippen LogP contribution in [0.3, 0.4) is 0 Å². The van der Waals surface area contributed by atoms with E-state index < -0.39 is 6.04 Å². The van der Waals surface area contributed by atoms with Gasteiger partial charge in [-0.3, -0.25) is 9.59 Å². The van der Waals surface area contributed by atoms with Gasteiger partial charge in [0.25, 0.3) is 5.91 Å². The summed E-state index contributed by atoms with van der Waals surface area (Å²) in [6.45, 7) is 7.74. The third-order valence-electron chi connectivity index (χ3n) is 3.25. The van der Waals surface area contributed by atoms with Gasteiger partial charge in [-0.15, -0.1) is 0 Å². The van der Waals surface area contributed by atoms with Gasteiger partial charge in [0.15, 0.2) is 5.69 Å². The largest absolute Gasteiger partial charge is 0.364 e. The second-order valence-electron chi connectivity index (χ2n) is 5.24. The minimum atomic E-state index is -0.448. The van der Waals surface area contributed by atoms with Gasteiger partial charge in [-0.1, -0.05) is 19.0 Å². The Hall–Kier alpha value is -1.85. The van der Waals surface area contributed by atoms with Crippen molar-refractivity contribution in [2.24, 2.45) is 5.92 Å². The second-order valence-corrected chi connectivity index (χ2v) is 5.24. The molecule has 0 bridgehead atoms. The number of rotatable bonds is 3. The standard InChI is InChI=1S/C13H19N3O3/c1-9(2)8-15-5-6-16(10(3)12(15)17)13(18)11-4-7-19-14-11/h4,7,9-10H,5-6,8H2,1-3H3/t10-/m1/s1. The monoisotopic (exact) mass is 265 g/mol. The van der Waals surface area contributed by atoms with Crippen molar-refractivity contribution in [3.8, 4) is 0 Å². The maximum absolute atomic E-state index is 12.2. The minimum absolute atomic E-state index is 0.00297. The lowest BCUT2D eigenvalue weighted by Crippen LogP contribution is -2.58. The van der Waals surface area contributed by atoms with Gasteiger partial charge in [-0.2, -0.15) is 0 Å². The summed E-state index contributed by atoms with van der Waals surface area (Å²) in [7, 11) is 0. The molecule has 1 aromatic rings. The van der Waals surface area contributed by atoms with E-state index in [-0.39, 0.29) is 17.5 Å². The zero-order valence-electron chi connectivity index (χ0n) is 11.5. The van der Waals surface area contributed by atoms with Gasteiger partial charge >= 0.3 is 0 Å². The Morgan fingerprint density at radius 3 is 2.84 bits per heavy atom. The van der Waals surface area contributed by atoms with Gasteiger partial charge < -0.3 is 14.3 Å². The first-order chi connectivity index (χ1) is 9.00. The summed E-state index contributed by atoms with van der Waals surface area (Å²) in [5.41, 5.74) is 0.247. The zero-order valence-corrected chi connectivity index (χ0v) is 11.5. The maximum atomic E-state index is 12.2. The van der Waals surface area contributed by atoms with E-state index in [0.717, 1.165) is 6.54 Å². The number of carbonyl (C=O) groups is 2. The molecule has 19 heavy (non-hydrogen) atoms. The average molecular weight is 265 g/mol. The molecule has 1 atom stereocenters. The minimum Gasteiger partial charge on any atom is -0.364 e. The van der Waals surface area contributed by atoms with E-state index in [1.54, 1.807) is 11.8 Å². The van der Waals surface area contributed by atoms with E-state index >= 15 is 0 Å². The Balaban J connectivity index is 2.07. The van der Waals surface area contributed by atoms with Crippen molar-refractivity contribution in [1.29, 1.82) is 0 Å². The fourth-order valence-corrected chi connectivity index (χ4v) is 2.30. The van der Waals surface area contributed by atoms with Crippen LogP contribution in [0.2, 0.25) is 0 Å². The molecule has 2 heterocycles. The molecule has 0 aliphatic carbocycles. The van der Waals surface area contributed by atoms with Crippen LogP contribution in [0.25, 0.3) is 0 Å². The molecular weight excluding hydrogens is 246 g/mol. The van der Waals surface area contributed by atoms with E-state index in [1.807, 2.05) is 4.90 Å². The Bertz CT molecular complexity index is 456. The normalized spacial score (nSPS) is 20.2. The summed E-state index contributed by atoms with van der Waals surface area (Å²) in [4.78, 5) is 27.8. The molecule has 1 fully saturated rings. The van der Waals surface area contributed by atoms with Crippen LogP contribution in [0.1, 0.15) is 31.3 Å². The van der Waals surface area contributed by atoms with Gasteiger partial charge in [0.1, 0.15) is 12.3 Å². The molecule has 1 aliphatic heterocycles. The number of piperazine rings is 1. The summed E-state index contributed by atoms with van der Waals surface area (Å²) in [5, 5.41) is 3.63. The van der Waals surface area contributed by atoms with Gasteiger partial charge in [0.2, 0.25) is 5.91 Å². The van der Waals surface area contributed by atoms with Gasteiger partial charge in [0.05, 0.1) is 0 Å². The van der Waals surface area contributed by atoms with Crippen LogP contribution in [0.4, 0.5) is 0 Å². The molecule has 0 N–H and O–H groups in total. The fraction of sp³-hybridized carbons (Fsp3) is 0.615. The Morgan fingerprint density at radius 1 is 1.53 bits per heavy atom. The summed E-state index contributed by atoms with van der Waals surface area (Å²) >= 11 is 0. The molecule has 2 rings (SSSR count). The molecule has 6 nitrogen and oxygen atoms in total. The smallest absolute Gasteiger partial charge is 0.276 e. The third kappa shape index (κ3) is 2.77. The van der Waals surface area contributed by atoms with E-state index in [2.05, 4.69) is 23.5 Å². The molecule has 0 unspecified atom stereocenters. The lowest BCUT2D eigenvalue weighted by molar-refractivity contribution is -0.140. The number of amides is 2. The second kappa shape index (κ2) is 5.42. The first-order valence-corrected chi connectivity index (χ1v) is 6.51. The van der Waals surface area contributed by atoms with Crippen molar-refractivity contribution in [3.05, 3.63) is 18.0 Å². The van der Waals surface area contributed by atoms with Crippen molar-refractivity contribution in [2.75, 3.05) is 19.6 Å². The van der Waals surface area contributed by atoms with Crippen molar-refractivity contribution >= 4 is 11.8 Å². The topological polar surface area (TPSA) is 66.7 Å². The molecule has 0 aromatic carbocycles. The molecule has 1 aromatic heterocycles. The van der Waals surface area contributed by atoms with Crippen molar-refractivity contribution in [2.45, 2.75) is 26.8 Å². The predicted octanol–water partition coefficient (Wildman–Crippen LogP) is 1.00. The molecule has 1 aliphatic rings. The fourth-order valence-electron chi connectivity index (χ4n) is 2.30. The molecule has 0 saturated carbocycles. The summed E-state index contributed by atoms with van der Waals surface area (Å²) in [6.07, 6.45) is 1.36. The van der Waals surface area contributed by atoms with Crippen LogP contribution in [0, 0.1) is 5.92 Å².